The van der Waals surface area contributed by atoms with Gasteiger partial charge < -0.3 is 19.7 Å². The van der Waals surface area contributed by atoms with Gasteiger partial charge >= 0.3 is 11.8 Å². The van der Waals surface area contributed by atoms with Crippen molar-refractivity contribution in [1.29, 1.82) is 0 Å². The molecule has 190 valence electrons. The van der Waals surface area contributed by atoms with Gasteiger partial charge in [0.15, 0.2) is 0 Å². The quantitative estimate of drug-likeness (QED) is 0.259. The van der Waals surface area contributed by atoms with Crippen LogP contribution in [0.2, 0.25) is 0 Å². The van der Waals surface area contributed by atoms with Crippen LogP contribution >= 0.6 is 15.9 Å². The van der Waals surface area contributed by atoms with Crippen LogP contribution in [0.4, 0.5) is 5.69 Å². The Kier molecular flexibility index (Phi) is 9.01. The maximum Gasteiger partial charge on any atom is 0.329 e. The summed E-state index contributed by atoms with van der Waals surface area (Å²) in [5, 5.41) is 6.40. The average molecular weight is 565 g/mol. The molecular weight excluding hydrogens is 540 g/mol. The number of benzene rings is 3. The Morgan fingerprint density at radius 1 is 0.973 bits per heavy atom. The van der Waals surface area contributed by atoms with Gasteiger partial charge in [-0.15, -0.1) is 0 Å². The van der Waals surface area contributed by atoms with Gasteiger partial charge in [-0.25, -0.2) is 5.43 Å². The lowest BCUT2D eigenvalue weighted by molar-refractivity contribution is -0.136. The van der Waals surface area contributed by atoms with Crippen molar-refractivity contribution < 1.29 is 23.9 Å². The van der Waals surface area contributed by atoms with Gasteiger partial charge in [-0.2, -0.15) is 5.10 Å². The minimum atomic E-state index is -0.975. The molecule has 3 aromatic rings. The molecule has 0 aliphatic carbocycles. The average Bonchev–Trinajstić information content (AvgIpc) is 2.93. The summed E-state index contributed by atoms with van der Waals surface area (Å²) in [5.41, 5.74) is 4.37. The number of nitrogens with one attached hydrogen (secondary N) is 2. The Labute approximate surface area is 222 Å². The molecular formula is C27H25BrN4O5. The van der Waals surface area contributed by atoms with Crippen molar-refractivity contribution in [2.24, 2.45) is 5.10 Å². The summed E-state index contributed by atoms with van der Waals surface area (Å²) in [7, 11) is 0. The maximum absolute atomic E-state index is 12.9. The topological polar surface area (TPSA) is 109 Å². The summed E-state index contributed by atoms with van der Waals surface area (Å²) in [6.07, 6.45) is 1.40. The SMILES string of the molecule is O=C(N/N=C\c1ccccc1OCc1cccc(Br)c1)C(=O)Nc1ccccc1C(=O)N1CCOCC1. The molecule has 1 saturated heterocycles. The standard InChI is InChI=1S/C27H25BrN4O5/c28-21-8-5-6-19(16-21)18-37-24-11-4-1-7-20(24)17-29-31-26(34)25(33)30-23-10-3-2-9-22(23)27(35)32-12-14-36-15-13-32/h1-11,16-17H,12-15,18H2,(H,30,33)(H,31,34)/b29-17-. The number of anilines is 1. The molecule has 0 radical (unpaired) electrons. The largest absolute Gasteiger partial charge is 0.488 e. The van der Waals surface area contributed by atoms with E-state index in [1.807, 2.05) is 36.4 Å². The summed E-state index contributed by atoms with van der Waals surface area (Å²) in [4.78, 5) is 39.4. The number of ether oxygens (including phenoxy) is 2. The molecule has 10 heteroatoms. The van der Waals surface area contributed by atoms with Crippen LogP contribution in [0.15, 0.2) is 82.4 Å². The number of amides is 3. The van der Waals surface area contributed by atoms with E-state index in [-0.39, 0.29) is 11.6 Å². The van der Waals surface area contributed by atoms with E-state index in [1.165, 1.54) is 6.21 Å². The number of rotatable bonds is 7. The first kappa shape index (κ1) is 26.1. The molecule has 1 aliphatic heterocycles. The van der Waals surface area contributed by atoms with Gasteiger partial charge in [-0.05, 0) is 42.0 Å². The highest BCUT2D eigenvalue weighted by Gasteiger charge is 2.23. The Morgan fingerprint density at radius 2 is 1.73 bits per heavy atom. The molecule has 0 aromatic heterocycles. The van der Waals surface area contributed by atoms with Crippen molar-refractivity contribution in [2.75, 3.05) is 31.6 Å². The van der Waals surface area contributed by atoms with E-state index in [0.717, 1.165) is 10.0 Å². The Hall–Kier alpha value is -4.02. The summed E-state index contributed by atoms with van der Waals surface area (Å²) in [6.45, 7) is 2.19. The summed E-state index contributed by atoms with van der Waals surface area (Å²) in [6, 6.07) is 21.5. The van der Waals surface area contributed by atoms with E-state index in [1.54, 1.807) is 41.3 Å². The fourth-order valence-electron chi connectivity index (χ4n) is 3.61. The van der Waals surface area contributed by atoms with Crippen LogP contribution in [0.1, 0.15) is 21.5 Å². The predicted molar refractivity (Wildman–Crippen MR) is 142 cm³/mol. The lowest BCUT2D eigenvalue weighted by Gasteiger charge is -2.27. The van der Waals surface area contributed by atoms with Crippen molar-refractivity contribution in [3.63, 3.8) is 0 Å². The van der Waals surface area contributed by atoms with Gasteiger partial charge in [0.1, 0.15) is 12.4 Å². The number of nitrogens with zero attached hydrogens (tertiary/aromatic N) is 2. The zero-order valence-electron chi connectivity index (χ0n) is 19.9. The third-order valence-electron chi connectivity index (χ3n) is 5.48. The zero-order chi connectivity index (χ0) is 26.0. The highest BCUT2D eigenvalue weighted by atomic mass is 79.9. The fourth-order valence-corrected chi connectivity index (χ4v) is 4.06. The molecule has 0 unspecified atom stereocenters. The number of carbonyl (C=O) groups is 3. The molecule has 37 heavy (non-hydrogen) atoms. The smallest absolute Gasteiger partial charge is 0.329 e. The molecule has 1 aliphatic rings. The van der Waals surface area contributed by atoms with E-state index < -0.39 is 11.8 Å². The third kappa shape index (κ3) is 7.25. The fraction of sp³-hybridized carbons (Fsp3) is 0.185. The third-order valence-corrected chi connectivity index (χ3v) is 5.98. The molecule has 1 heterocycles. The van der Waals surface area contributed by atoms with E-state index in [4.69, 9.17) is 9.47 Å². The molecule has 0 atom stereocenters. The molecule has 4 rings (SSSR count). The number of morpholine rings is 1. The molecule has 0 saturated carbocycles. The Bertz CT molecular complexity index is 1310. The highest BCUT2D eigenvalue weighted by molar-refractivity contribution is 9.10. The molecule has 3 aromatic carbocycles. The van der Waals surface area contributed by atoms with Crippen molar-refractivity contribution in [3.05, 3.63) is 94.0 Å². The molecule has 3 amide bonds. The number of para-hydroxylation sites is 2. The lowest BCUT2D eigenvalue weighted by Crippen LogP contribution is -2.41. The maximum atomic E-state index is 12.9. The molecule has 9 nitrogen and oxygen atoms in total. The Balaban J connectivity index is 1.35. The van der Waals surface area contributed by atoms with Gasteiger partial charge in [0.25, 0.3) is 5.91 Å². The van der Waals surface area contributed by atoms with E-state index >= 15 is 0 Å². The van der Waals surface area contributed by atoms with Crippen LogP contribution in [0.3, 0.4) is 0 Å². The molecule has 2 N–H and O–H groups in total. The number of halogens is 1. The first-order valence-electron chi connectivity index (χ1n) is 11.6. The van der Waals surface area contributed by atoms with Crippen LogP contribution in [-0.4, -0.2) is 55.1 Å². The monoisotopic (exact) mass is 564 g/mol. The van der Waals surface area contributed by atoms with E-state index in [2.05, 4.69) is 31.8 Å². The van der Waals surface area contributed by atoms with Crippen LogP contribution in [0.5, 0.6) is 5.75 Å². The number of hydrogen-bond donors (Lipinski definition) is 2. The molecule has 1 fully saturated rings. The van der Waals surface area contributed by atoms with Crippen molar-refractivity contribution >= 4 is 45.6 Å². The Morgan fingerprint density at radius 3 is 2.54 bits per heavy atom. The lowest BCUT2D eigenvalue weighted by atomic mass is 10.1. The van der Waals surface area contributed by atoms with E-state index in [0.29, 0.717) is 49.8 Å². The predicted octanol–water partition coefficient (Wildman–Crippen LogP) is 3.59. The summed E-state index contributed by atoms with van der Waals surface area (Å²) in [5.74, 6) is -1.59. The summed E-state index contributed by atoms with van der Waals surface area (Å²) >= 11 is 3.44. The highest BCUT2D eigenvalue weighted by Crippen LogP contribution is 2.20. The zero-order valence-corrected chi connectivity index (χ0v) is 21.4. The van der Waals surface area contributed by atoms with Crippen molar-refractivity contribution in [1.82, 2.24) is 10.3 Å². The molecule has 0 bridgehead atoms. The van der Waals surface area contributed by atoms with Crippen LogP contribution in [-0.2, 0) is 20.9 Å². The second-order valence-corrected chi connectivity index (χ2v) is 8.98. The van der Waals surface area contributed by atoms with Gasteiger partial charge in [-0.1, -0.05) is 52.3 Å². The van der Waals surface area contributed by atoms with Gasteiger partial charge in [0.2, 0.25) is 0 Å². The van der Waals surface area contributed by atoms with Gasteiger partial charge in [0, 0.05) is 23.1 Å². The van der Waals surface area contributed by atoms with E-state index in [9.17, 15) is 14.4 Å². The van der Waals surface area contributed by atoms with Gasteiger partial charge in [0.05, 0.1) is 30.7 Å². The summed E-state index contributed by atoms with van der Waals surface area (Å²) < 4.78 is 12.1. The normalized spacial score (nSPS) is 13.3. The van der Waals surface area contributed by atoms with Crippen LogP contribution in [0, 0.1) is 0 Å². The second kappa shape index (κ2) is 12.8. The molecule has 0 spiro atoms. The first-order valence-corrected chi connectivity index (χ1v) is 12.4. The van der Waals surface area contributed by atoms with Gasteiger partial charge in [-0.3, -0.25) is 14.4 Å². The van der Waals surface area contributed by atoms with Crippen molar-refractivity contribution in [2.45, 2.75) is 6.61 Å². The number of carbonyl (C=O) groups excluding carboxylic acids is 3. The second-order valence-electron chi connectivity index (χ2n) is 8.06. The van der Waals surface area contributed by atoms with Crippen molar-refractivity contribution in [3.8, 4) is 5.75 Å². The minimum absolute atomic E-state index is 0.239. The van der Waals surface area contributed by atoms with Crippen LogP contribution < -0.4 is 15.5 Å². The van der Waals surface area contributed by atoms with Crippen LogP contribution in [0.25, 0.3) is 0 Å². The number of hydrazone groups is 1. The number of hydrogen-bond acceptors (Lipinski definition) is 6. The minimum Gasteiger partial charge on any atom is -0.488 e. The first-order chi connectivity index (χ1) is 18.0.